The molecule has 2 aromatic carbocycles. The highest BCUT2D eigenvalue weighted by molar-refractivity contribution is 14.1. The zero-order valence-corrected chi connectivity index (χ0v) is 13.6. The van der Waals surface area contributed by atoms with E-state index < -0.39 is 0 Å². The fourth-order valence-corrected chi connectivity index (χ4v) is 2.26. The summed E-state index contributed by atoms with van der Waals surface area (Å²) in [6.07, 6.45) is 0. The molecule has 4 heteroatoms. The average Bonchev–Trinajstić information content (AvgIpc) is 2.45. The molecule has 0 aliphatic carbocycles. The van der Waals surface area contributed by atoms with Gasteiger partial charge in [-0.15, -0.1) is 0 Å². The van der Waals surface area contributed by atoms with Gasteiger partial charge in [0.25, 0.3) is 0 Å². The maximum Gasteiger partial charge on any atom is 0.128 e. The normalized spacial score (nSPS) is 10.5. The Bertz CT molecular complexity index is 528. The molecule has 0 saturated heterocycles. The van der Waals surface area contributed by atoms with Crippen LogP contribution in [0.2, 0.25) is 0 Å². The van der Waals surface area contributed by atoms with E-state index >= 15 is 0 Å². The number of ether oxygens (including phenoxy) is 2. The Morgan fingerprint density at radius 1 is 1.05 bits per heavy atom. The third-order valence-electron chi connectivity index (χ3n) is 2.77. The maximum absolute atomic E-state index is 5.81. The number of halogens is 1. The molecule has 106 valence electrons. The van der Waals surface area contributed by atoms with Crippen LogP contribution >= 0.6 is 22.6 Å². The summed E-state index contributed by atoms with van der Waals surface area (Å²) in [7, 11) is 1.71. The number of hydrogen-bond donors (Lipinski definition) is 1. The fourth-order valence-electron chi connectivity index (χ4n) is 1.75. The Hall–Kier alpha value is -1.11. The van der Waals surface area contributed by atoms with Gasteiger partial charge in [0.15, 0.2) is 0 Å². The van der Waals surface area contributed by atoms with Gasteiger partial charge in [0.2, 0.25) is 0 Å². The zero-order valence-electron chi connectivity index (χ0n) is 11.4. The van der Waals surface area contributed by atoms with E-state index in [0.717, 1.165) is 31.2 Å². The molecule has 0 aliphatic heterocycles. The van der Waals surface area contributed by atoms with E-state index in [2.05, 4.69) is 40.0 Å². The summed E-state index contributed by atoms with van der Waals surface area (Å²) in [6.45, 7) is 2.43. The molecule has 0 radical (unpaired) electrons. The van der Waals surface area contributed by atoms with Crippen molar-refractivity contribution in [1.29, 1.82) is 0 Å². The SMILES string of the molecule is COCCNCc1ccc(Oc2cccc(I)c2)cc1. The van der Waals surface area contributed by atoms with Crippen LogP contribution in [0.5, 0.6) is 11.5 Å². The van der Waals surface area contributed by atoms with Crippen LogP contribution in [0.4, 0.5) is 0 Å². The minimum absolute atomic E-state index is 0.730. The van der Waals surface area contributed by atoms with Crippen molar-refractivity contribution < 1.29 is 9.47 Å². The molecule has 0 bridgehead atoms. The summed E-state index contributed by atoms with van der Waals surface area (Å²) in [5.74, 6) is 1.72. The van der Waals surface area contributed by atoms with Crippen molar-refractivity contribution in [3.8, 4) is 11.5 Å². The van der Waals surface area contributed by atoms with E-state index in [1.165, 1.54) is 9.13 Å². The van der Waals surface area contributed by atoms with Crippen molar-refractivity contribution in [1.82, 2.24) is 5.32 Å². The lowest BCUT2D eigenvalue weighted by Crippen LogP contribution is -2.18. The first kappa shape index (κ1) is 15.3. The molecule has 20 heavy (non-hydrogen) atoms. The highest BCUT2D eigenvalue weighted by Gasteiger charge is 1.99. The summed E-state index contributed by atoms with van der Waals surface area (Å²) in [5.41, 5.74) is 1.23. The van der Waals surface area contributed by atoms with Crippen molar-refractivity contribution in [2.45, 2.75) is 6.54 Å². The van der Waals surface area contributed by atoms with Crippen molar-refractivity contribution in [2.75, 3.05) is 20.3 Å². The molecule has 2 rings (SSSR count). The lowest BCUT2D eigenvalue weighted by Gasteiger charge is -2.08. The van der Waals surface area contributed by atoms with Crippen LogP contribution < -0.4 is 10.1 Å². The number of hydrogen-bond acceptors (Lipinski definition) is 3. The van der Waals surface area contributed by atoms with Crippen molar-refractivity contribution in [2.24, 2.45) is 0 Å². The Labute approximate surface area is 133 Å². The molecule has 0 atom stereocenters. The van der Waals surface area contributed by atoms with Gasteiger partial charge in [0, 0.05) is 23.8 Å². The van der Waals surface area contributed by atoms with Gasteiger partial charge in [0.05, 0.1) is 6.61 Å². The first-order chi connectivity index (χ1) is 9.78. The monoisotopic (exact) mass is 383 g/mol. The highest BCUT2D eigenvalue weighted by Crippen LogP contribution is 2.23. The third kappa shape index (κ3) is 5.11. The van der Waals surface area contributed by atoms with Crippen LogP contribution in [0.3, 0.4) is 0 Å². The lowest BCUT2D eigenvalue weighted by atomic mass is 10.2. The number of nitrogens with one attached hydrogen (secondary N) is 1. The Morgan fingerprint density at radius 3 is 2.55 bits per heavy atom. The standard InChI is InChI=1S/C16H18INO2/c1-19-10-9-18-12-13-5-7-15(8-6-13)20-16-4-2-3-14(17)11-16/h2-8,11,18H,9-10,12H2,1H3. The number of methoxy groups -OCH3 is 1. The van der Waals surface area contributed by atoms with Crippen molar-refractivity contribution in [3.05, 3.63) is 57.7 Å². The summed E-state index contributed by atoms with van der Waals surface area (Å²) in [6, 6.07) is 16.1. The van der Waals surface area contributed by atoms with Gasteiger partial charge in [-0.05, 0) is 58.5 Å². The summed E-state index contributed by atoms with van der Waals surface area (Å²) >= 11 is 2.28. The molecule has 0 heterocycles. The number of benzene rings is 2. The van der Waals surface area contributed by atoms with Crippen molar-refractivity contribution >= 4 is 22.6 Å². The quantitative estimate of drug-likeness (QED) is 0.583. The van der Waals surface area contributed by atoms with Gasteiger partial charge in [-0.1, -0.05) is 18.2 Å². The van der Waals surface area contributed by atoms with Crippen LogP contribution in [0.1, 0.15) is 5.56 Å². The largest absolute Gasteiger partial charge is 0.457 e. The van der Waals surface area contributed by atoms with Gasteiger partial charge in [-0.2, -0.15) is 0 Å². The van der Waals surface area contributed by atoms with Crippen LogP contribution in [0, 0.1) is 3.57 Å². The van der Waals surface area contributed by atoms with Crippen molar-refractivity contribution in [3.63, 3.8) is 0 Å². The minimum atomic E-state index is 0.730. The molecule has 0 spiro atoms. The van der Waals surface area contributed by atoms with E-state index in [1.807, 2.05) is 36.4 Å². The van der Waals surface area contributed by atoms with Gasteiger partial charge >= 0.3 is 0 Å². The van der Waals surface area contributed by atoms with Crippen LogP contribution in [-0.2, 0) is 11.3 Å². The van der Waals surface area contributed by atoms with E-state index in [4.69, 9.17) is 9.47 Å². The first-order valence-electron chi connectivity index (χ1n) is 6.50. The Morgan fingerprint density at radius 2 is 1.85 bits per heavy atom. The van der Waals surface area contributed by atoms with Gasteiger partial charge in [-0.25, -0.2) is 0 Å². The van der Waals surface area contributed by atoms with E-state index in [0.29, 0.717) is 0 Å². The second-order valence-corrected chi connectivity index (χ2v) is 5.62. The minimum Gasteiger partial charge on any atom is -0.457 e. The summed E-state index contributed by atoms with van der Waals surface area (Å²) in [4.78, 5) is 0. The fraction of sp³-hybridized carbons (Fsp3) is 0.250. The topological polar surface area (TPSA) is 30.5 Å². The van der Waals surface area contributed by atoms with E-state index in [-0.39, 0.29) is 0 Å². The third-order valence-corrected chi connectivity index (χ3v) is 3.44. The highest BCUT2D eigenvalue weighted by atomic mass is 127. The smallest absolute Gasteiger partial charge is 0.128 e. The molecule has 0 fully saturated rings. The number of rotatable bonds is 7. The Balaban J connectivity index is 1.88. The molecule has 0 amide bonds. The average molecular weight is 383 g/mol. The van der Waals surface area contributed by atoms with Crippen LogP contribution in [-0.4, -0.2) is 20.3 Å². The van der Waals surface area contributed by atoms with E-state index in [9.17, 15) is 0 Å². The Kier molecular flexibility index (Phi) is 6.29. The predicted molar refractivity (Wildman–Crippen MR) is 89.3 cm³/mol. The molecule has 2 aromatic rings. The van der Waals surface area contributed by atoms with Gasteiger partial charge in [0.1, 0.15) is 11.5 Å². The molecular weight excluding hydrogens is 365 g/mol. The second-order valence-electron chi connectivity index (χ2n) is 4.37. The first-order valence-corrected chi connectivity index (χ1v) is 7.58. The molecule has 0 aliphatic rings. The molecule has 1 N–H and O–H groups in total. The van der Waals surface area contributed by atoms with Crippen LogP contribution in [0.15, 0.2) is 48.5 Å². The molecule has 0 unspecified atom stereocenters. The van der Waals surface area contributed by atoms with Crippen LogP contribution in [0.25, 0.3) is 0 Å². The summed E-state index contributed by atoms with van der Waals surface area (Å²) < 4.78 is 12.0. The molecule has 3 nitrogen and oxygen atoms in total. The van der Waals surface area contributed by atoms with E-state index in [1.54, 1.807) is 7.11 Å². The maximum atomic E-state index is 5.81. The van der Waals surface area contributed by atoms with Gasteiger partial charge < -0.3 is 14.8 Å². The molecule has 0 saturated carbocycles. The molecular formula is C16H18INO2. The zero-order chi connectivity index (χ0) is 14.2. The summed E-state index contributed by atoms with van der Waals surface area (Å²) in [5, 5.41) is 3.31. The molecule has 0 aromatic heterocycles. The second kappa shape index (κ2) is 8.24. The predicted octanol–water partition coefficient (Wildman–Crippen LogP) is 3.82. The van der Waals surface area contributed by atoms with Gasteiger partial charge in [-0.3, -0.25) is 0 Å². The lowest BCUT2D eigenvalue weighted by molar-refractivity contribution is 0.199.